The molecule has 0 saturated heterocycles. The Morgan fingerprint density at radius 1 is 0.833 bits per heavy atom. The molecule has 4 rings (SSSR count). The first-order valence-electron chi connectivity index (χ1n) is 6.74. The highest BCUT2D eigenvalue weighted by molar-refractivity contribution is 5.46. The molecule has 2 bridgehead atoms. The maximum atomic E-state index is 2.61. The van der Waals surface area contributed by atoms with Gasteiger partial charge in [-0.2, -0.15) is 0 Å². The van der Waals surface area contributed by atoms with Crippen LogP contribution in [-0.4, -0.2) is 10.9 Å². The van der Waals surface area contributed by atoms with Crippen LogP contribution < -0.4 is 0 Å². The Labute approximate surface area is 108 Å². The van der Waals surface area contributed by atoms with E-state index in [0.717, 1.165) is 13.1 Å². The van der Waals surface area contributed by atoms with Gasteiger partial charge >= 0.3 is 0 Å². The largest absolute Gasteiger partial charge is 0.291 e. The number of nitrogens with zero attached hydrogens (tertiary/aromatic N) is 1. The van der Waals surface area contributed by atoms with E-state index in [-0.39, 0.29) is 0 Å². The SMILES string of the molecule is C[C@H]1C2c3ccccc3CN1Cc1ccccc12. The number of rotatable bonds is 0. The van der Waals surface area contributed by atoms with Gasteiger partial charge in [-0.1, -0.05) is 48.5 Å². The molecule has 1 atom stereocenters. The van der Waals surface area contributed by atoms with Crippen molar-refractivity contribution in [2.45, 2.75) is 32.0 Å². The number of hydrogen-bond acceptors (Lipinski definition) is 1. The third kappa shape index (κ3) is 1.31. The van der Waals surface area contributed by atoms with Crippen molar-refractivity contribution in [2.75, 3.05) is 0 Å². The van der Waals surface area contributed by atoms with Crippen LogP contribution in [0.2, 0.25) is 0 Å². The average Bonchev–Trinajstić information content (AvgIpc) is 2.39. The lowest BCUT2D eigenvalue weighted by atomic mass is 9.75. The first kappa shape index (κ1) is 10.3. The van der Waals surface area contributed by atoms with E-state index < -0.39 is 0 Å². The summed E-state index contributed by atoms with van der Waals surface area (Å²) in [4.78, 5) is 2.61. The molecule has 0 saturated carbocycles. The Bertz CT molecular complexity index is 553. The molecule has 0 unspecified atom stereocenters. The van der Waals surface area contributed by atoms with Crippen molar-refractivity contribution >= 4 is 0 Å². The molecule has 1 nitrogen and oxygen atoms in total. The predicted molar refractivity (Wildman–Crippen MR) is 73.4 cm³/mol. The van der Waals surface area contributed by atoms with E-state index in [1.165, 1.54) is 22.3 Å². The second kappa shape index (κ2) is 3.69. The van der Waals surface area contributed by atoms with Gasteiger partial charge in [0.2, 0.25) is 0 Å². The fourth-order valence-electron chi connectivity index (χ4n) is 3.64. The second-order valence-corrected chi connectivity index (χ2v) is 5.52. The Kier molecular flexibility index (Phi) is 2.12. The normalized spacial score (nSPS) is 28.4. The topological polar surface area (TPSA) is 3.24 Å². The summed E-state index contributed by atoms with van der Waals surface area (Å²) in [5.74, 6) is 0.555. The second-order valence-electron chi connectivity index (χ2n) is 5.52. The molecule has 90 valence electrons. The molecular formula is C17H17N. The van der Waals surface area contributed by atoms with Crippen LogP contribution in [0.15, 0.2) is 48.5 Å². The summed E-state index contributed by atoms with van der Waals surface area (Å²) in [5, 5.41) is 0. The van der Waals surface area contributed by atoms with E-state index in [1.807, 2.05) is 0 Å². The van der Waals surface area contributed by atoms with E-state index in [1.54, 1.807) is 0 Å². The van der Waals surface area contributed by atoms with Crippen molar-refractivity contribution in [3.8, 4) is 0 Å². The summed E-state index contributed by atoms with van der Waals surface area (Å²) in [6.07, 6.45) is 0. The van der Waals surface area contributed by atoms with Crippen LogP contribution in [0.3, 0.4) is 0 Å². The highest BCUT2D eigenvalue weighted by Gasteiger charge is 2.37. The van der Waals surface area contributed by atoms with Gasteiger partial charge in [-0.3, -0.25) is 4.90 Å². The van der Waals surface area contributed by atoms with E-state index in [2.05, 4.69) is 60.4 Å². The van der Waals surface area contributed by atoms with Crippen LogP contribution in [0.25, 0.3) is 0 Å². The standard InChI is InChI=1S/C17H17N/c1-12-17-15-8-4-2-6-13(15)10-18(12)11-14-7-3-5-9-16(14)17/h2-9,12,17H,10-11H2,1H3/t12-/m0/s1. The van der Waals surface area contributed by atoms with Crippen LogP contribution >= 0.6 is 0 Å². The first-order chi connectivity index (χ1) is 8.84. The lowest BCUT2D eigenvalue weighted by Crippen LogP contribution is -2.45. The highest BCUT2D eigenvalue weighted by atomic mass is 15.2. The maximum absolute atomic E-state index is 2.61. The molecule has 2 aliphatic heterocycles. The monoisotopic (exact) mass is 235 g/mol. The quantitative estimate of drug-likeness (QED) is 0.675. The van der Waals surface area contributed by atoms with Crippen molar-refractivity contribution in [1.82, 2.24) is 4.90 Å². The molecule has 2 aliphatic rings. The Hall–Kier alpha value is -1.60. The molecule has 18 heavy (non-hydrogen) atoms. The van der Waals surface area contributed by atoms with Gasteiger partial charge in [0.05, 0.1) is 0 Å². The third-order valence-corrected chi connectivity index (χ3v) is 4.59. The van der Waals surface area contributed by atoms with Crippen LogP contribution in [0.1, 0.15) is 35.1 Å². The fraction of sp³-hybridized carbons (Fsp3) is 0.294. The van der Waals surface area contributed by atoms with Crippen molar-refractivity contribution < 1.29 is 0 Å². The van der Waals surface area contributed by atoms with Gasteiger partial charge in [0.25, 0.3) is 0 Å². The summed E-state index contributed by atoms with van der Waals surface area (Å²) in [5.41, 5.74) is 6.09. The highest BCUT2D eigenvalue weighted by Crippen LogP contribution is 2.43. The van der Waals surface area contributed by atoms with Crippen LogP contribution in [0, 0.1) is 0 Å². The molecular weight excluding hydrogens is 218 g/mol. The summed E-state index contributed by atoms with van der Waals surface area (Å²) in [6, 6.07) is 18.5. The molecule has 2 heterocycles. The summed E-state index contributed by atoms with van der Waals surface area (Å²) in [6.45, 7) is 4.57. The van der Waals surface area contributed by atoms with Crippen molar-refractivity contribution in [1.29, 1.82) is 0 Å². The predicted octanol–water partition coefficient (Wildman–Crippen LogP) is 3.54. The van der Waals surface area contributed by atoms with Gasteiger partial charge in [0.1, 0.15) is 0 Å². The van der Waals surface area contributed by atoms with E-state index in [0.29, 0.717) is 12.0 Å². The van der Waals surface area contributed by atoms with E-state index in [9.17, 15) is 0 Å². The molecule has 0 radical (unpaired) electrons. The minimum Gasteiger partial charge on any atom is -0.291 e. The zero-order valence-corrected chi connectivity index (χ0v) is 10.6. The molecule has 1 heteroatoms. The first-order valence-corrected chi connectivity index (χ1v) is 6.74. The van der Waals surface area contributed by atoms with Crippen LogP contribution in [0.5, 0.6) is 0 Å². The van der Waals surface area contributed by atoms with Crippen molar-refractivity contribution in [2.24, 2.45) is 0 Å². The minimum atomic E-state index is 0.555. The lowest BCUT2D eigenvalue weighted by Gasteiger charge is -2.45. The molecule has 0 amide bonds. The van der Waals surface area contributed by atoms with Gasteiger partial charge in [0.15, 0.2) is 0 Å². The van der Waals surface area contributed by atoms with Crippen molar-refractivity contribution in [3.63, 3.8) is 0 Å². The molecule has 0 aromatic heterocycles. The number of fused-ring (bicyclic) bond motifs is 6. The molecule has 0 spiro atoms. The maximum Gasteiger partial charge on any atom is 0.0249 e. The Balaban J connectivity index is 1.97. The fourth-order valence-corrected chi connectivity index (χ4v) is 3.64. The van der Waals surface area contributed by atoms with Gasteiger partial charge in [-0.05, 0) is 29.2 Å². The smallest absolute Gasteiger partial charge is 0.0249 e. The van der Waals surface area contributed by atoms with E-state index in [4.69, 9.17) is 0 Å². The van der Waals surface area contributed by atoms with Crippen molar-refractivity contribution in [3.05, 3.63) is 70.8 Å². The Morgan fingerprint density at radius 3 is 1.89 bits per heavy atom. The number of benzene rings is 2. The van der Waals surface area contributed by atoms with E-state index >= 15 is 0 Å². The molecule has 0 fully saturated rings. The zero-order valence-electron chi connectivity index (χ0n) is 10.6. The summed E-state index contributed by atoms with van der Waals surface area (Å²) >= 11 is 0. The van der Waals surface area contributed by atoms with Gasteiger partial charge < -0.3 is 0 Å². The Morgan fingerprint density at radius 2 is 1.33 bits per heavy atom. The van der Waals surface area contributed by atoms with Crippen LogP contribution in [-0.2, 0) is 13.1 Å². The third-order valence-electron chi connectivity index (χ3n) is 4.59. The number of hydrogen-bond donors (Lipinski definition) is 0. The molecule has 0 aliphatic carbocycles. The molecule has 2 aromatic rings. The summed E-state index contributed by atoms with van der Waals surface area (Å²) in [7, 11) is 0. The molecule has 2 aromatic carbocycles. The molecule has 0 N–H and O–H groups in total. The van der Waals surface area contributed by atoms with Gasteiger partial charge in [-0.25, -0.2) is 0 Å². The summed E-state index contributed by atoms with van der Waals surface area (Å²) < 4.78 is 0. The minimum absolute atomic E-state index is 0.555. The van der Waals surface area contributed by atoms with Gasteiger partial charge in [-0.15, -0.1) is 0 Å². The van der Waals surface area contributed by atoms with Gasteiger partial charge in [0, 0.05) is 25.0 Å². The lowest BCUT2D eigenvalue weighted by molar-refractivity contribution is 0.144. The zero-order chi connectivity index (χ0) is 12.1. The van der Waals surface area contributed by atoms with Crippen LogP contribution in [0.4, 0.5) is 0 Å². The average molecular weight is 235 g/mol.